The molecule has 0 aliphatic carbocycles. The maximum Gasteiger partial charge on any atom is 0.259 e. The zero-order valence-electron chi connectivity index (χ0n) is 14.5. The Kier molecular flexibility index (Phi) is 5.29. The number of allylic oxidation sites excluding steroid dienone is 1. The molecule has 5 nitrogen and oxygen atoms in total. The van der Waals surface area contributed by atoms with Crippen molar-refractivity contribution in [1.29, 1.82) is 5.26 Å². The predicted molar refractivity (Wildman–Crippen MR) is 118 cm³/mol. The van der Waals surface area contributed by atoms with Crippen molar-refractivity contribution in [3.8, 4) is 17.4 Å². The number of halogens is 3. The van der Waals surface area contributed by atoms with E-state index in [1.54, 1.807) is 48.5 Å². The molecule has 0 saturated heterocycles. The highest BCUT2D eigenvalue weighted by Gasteiger charge is 2.11. The second kappa shape index (κ2) is 7.88. The van der Waals surface area contributed by atoms with Gasteiger partial charge < -0.3 is 9.40 Å². The van der Waals surface area contributed by atoms with Gasteiger partial charge in [0.25, 0.3) is 5.56 Å². The van der Waals surface area contributed by atoms with Gasteiger partial charge in [0.2, 0.25) is 0 Å². The molecule has 4 aromatic rings. The topological polar surface area (TPSA) is 82.7 Å². The third kappa shape index (κ3) is 3.99. The lowest BCUT2D eigenvalue weighted by atomic mass is 10.2. The molecule has 2 aromatic heterocycles. The number of furan rings is 1. The van der Waals surface area contributed by atoms with E-state index in [9.17, 15) is 10.1 Å². The summed E-state index contributed by atoms with van der Waals surface area (Å²) in [5, 5.41) is 10.9. The van der Waals surface area contributed by atoms with E-state index in [1.165, 1.54) is 6.08 Å². The summed E-state index contributed by atoms with van der Waals surface area (Å²) in [7, 11) is 0. The number of H-pyrrole nitrogens is 1. The van der Waals surface area contributed by atoms with Crippen molar-refractivity contribution < 1.29 is 4.42 Å². The van der Waals surface area contributed by atoms with Crippen LogP contribution in [-0.2, 0) is 0 Å². The average Bonchev–Trinajstić information content (AvgIpc) is 3.17. The molecule has 4 rings (SSSR count). The standard InChI is InChI=1S/C21H10BrCl2N3O2/c22-13-2-5-18-15(9-13)21(28)27-20(26-18)12(10-25)7-14-3-6-19(29-14)11-1-4-16(23)17(24)8-11/h1-9H,(H,26,27,28). The monoisotopic (exact) mass is 485 g/mol. The number of nitrogens with zero attached hydrogens (tertiary/aromatic N) is 2. The van der Waals surface area contributed by atoms with Crippen molar-refractivity contribution in [2.24, 2.45) is 0 Å². The Bertz CT molecular complexity index is 1380. The van der Waals surface area contributed by atoms with E-state index in [-0.39, 0.29) is 17.0 Å². The summed E-state index contributed by atoms with van der Waals surface area (Å²) in [5.74, 6) is 1.16. The smallest absolute Gasteiger partial charge is 0.259 e. The fourth-order valence-electron chi connectivity index (χ4n) is 2.77. The number of benzene rings is 2. The van der Waals surface area contributed by atoms with Crippen LogP contribution in [0.5, 0.6) is 0 Å². The molecular weight excluding hydrogens is 477 g/mol. The number of aromatic nitrogens is 2. The SMILES string of the molecule is N#CC(=Cc1ccc(-c2ccc(Cl)c(Cl)c2)o1)c1nc2ccc(Br)cc2c(=O)[nH]1. The molecule has 0 atom stereocenters. The van der Waals surface area contributed by atoms with Gasteiger partial charge in [0, 0.05) is 16.1 Å². The number of hydrogen-bond donors (Lipinski definition) is 1. The Morgan fingerprint density at radius 2 is 1.97 bits per heavy atom. The van der Waals surface area contributed by atoms with E-state index < -0.39 is 0 Å². The van der Waals surface area contributed by atoms with Crippen LogP contribution >= 0.6 is 39.1 Å². The average molecular weight is 487 g/mol. The van der Waals surface area contributed by atoms with Gasteiger partial charge in [-0.25, -0.2) is 4.98 Å². The molecule has 0 saturated carbocycles. The molecule has 0 radical (unpaired) electrons. The third-order valence-corrected chi connectivity index (χ3v) is 5.39. The molecule has 0 unspecified atom stereocenters. The Morgan fingerprint density at radius 1 is 1.14 bits per heavy atom. The van der Waals surface area contributed by atoms with Gasteiger partial charge in [0.1, 0.15) is 17.6 Å². The lowest BCUT2D eigenvalue weighted by Crippen LogP contribution is -2.11. The van der Waals surface area contributed by atoms with Gasteiger partial charge in [0.05, 0.1) is 26.5 Å². The van der Waals surface area contributed by atoms with Gasteiger partial charge in [-0.1, -0.05) is 39.1 Å². The molecular formula is C21H10BrCl2N3O2. The number of aromatic amines is 1. The van der Waals surface area contributed by atoms with Crippen LogP contribution in [0.1, 0.15) is 11.6 Å². The zero-order chi connectivity index (χ0) is 20.5. The molecule has 0 bridgehead atoms. The molecule has 0 amide bonds. The molecule has 29 heavy (non-hydrogen) atoms. The summed E-state index contributed by atoms with van der Waals surface area (Å²) in [5.41, 5.74) is 1.08. The van der Waals surface area contributed by atoms with Crippen molar-refractivity contribution in [2.45, 2.75) is 0 Å². The minimum absolute atomic E-state index is 0.166. The highest BCUT2D eigenvalue weighted by Crippen LogP contribution is 2.30. The third-order valence-electron chi connectivity index (χ3n) is 4.16. The molecule has 0 spiro atoms. The van der Waals surface area contributed by atoms with Crippen LogP contribution in [0.4, 0.5) is 0 Å². The molecule has 142 valence electrons. The second-order valence-electron chi connectivity index (χ2n) is 6.08. The van der Waals surface area contributed by atoms with Crippen LogP contribution in [-0.4, -0.2) is 9.97 Å². The quantitative estimate of drug-likeness (QED) is 0.343. The highest BCUT2D eigenvalue weighted by molar-refractivity contribution is 9.10. The maximum atomic E-state index is 12.4. The van der Waals surface area contributed by atoms with Crippen molar-refractivity contribution >= 4 is 61.7 Å². The first-order chi connectivity index (χ1) is 13.9. The molecule has 1 N–H and O–H groups in total. The van der Waals surface area contributed by atoms with Crippen LogP contribution in [0.25, 0.3) is 33.9 Å². The first-order valence-electron chi connectivity index (χ1n) is 8.31. The van der Waals surface area contributed by atoms with E-state index in [1.807, 2.05) is 0 Å². The second-order valence-corrected chi connectivity index (χ2v) is 7.81. The summed E-state index contributed by atoms with van der Waals surface area (Å²) in [6.45, 7) is 0. The molecule has 0 aliphatic heterocycles. The Hall–Kier alpha value is -2.85. The van der Waals surface area contributed by atoms with Crippen molar-refractivity contribution in [2.75, 3.05) is 0 Å². The summed E-state index contributed by atoms with van der Waals surface area (Å²) in [6, 6.07) is 15.9. The Morgan fingerprint density at radius 3 is 2.72 bits per heavy atom. The maximum absolute atomic E-state index is 12.4. The van der Waals surface area contributed by atoms with Crippen molar-refractivity contribution in [3.05, 3.63) is 85.0 Å². The fraction of sp³-hybridized carbons (Fsp3) is 0. The fourth-order valence-corrected chi connectivity index (χ4v) is 3.43. The van der Waals surface area contributed by atoms with Crippen LogP contribution in [0, 0.1) is 11.3 Å². The minimum atomic E-state index is -0.330. The van der Waals surface area contributed by atoms with Crippen molar-refractivity contribution in [1.82, 2.24) is 9.97 Å². The lowest BCUT2D eigenvalue weighted by molar-refractivity contribution is 0.572. The van der Waals surface area contributed by atoms with Crippen LogP contribution in [0.2, 0.25) is 10.0 Å². The summed E-state index contributed by atoms with van der Waals surface area (Å²) < 4.78 is 6.57. The van der Waals surface area contributed by atoms with Crippen LogP contribution in [0.3, 0.4) is 0 Å². The molecule has 2 heterocycles. The summed E-state index contributed by atoms with van der Waals surface area (Å²) in [6.07, 6.45) is 1.52. The zero-order valence-corrected chi connectivity index (χ0v) is 17.6. The van der Waals surface area contributed by atoms with Gasteiger partial charge in [0.15, 0.2) is 5.82 Å². The van der Waals surface area contributed by atoms with E-state index in [4.69, 9.17) is 27.6 Å². The van der Waals surface area contributed by atoms with E-state index in [0.717, 1.165) is 10.0 Å². The summed E-state index contributed by atoms with van der Waals surface area (Å²) >= 11 is 15.3. The number of nitrogens with one attached hydrogen (secondary N) is 1. The normalized spacial score (nSPS) is 11.6. The summed E-state index contributed by atoms with van der Waals surface area (Å²) in [4.78, 5) is 19.4. The number of rotatable bonds is 3. The first kappa shape index (κ1) is 19.5. The number of hydrogen-bond acceptors (Lipinski definition) is 4. The Labute approximate surface area is 183 Å². The highest BCUT2D eigenvalue weighted by atomic mass is 79.9. The van der Waals surface area contributed by atoms with E-state index in [2.05, 4.69) is 32.0 Å². The van der Waals surface area contributed by atoms with Gasteiger partial charge >= 0.3 is 0 Å². The first-order valence-corrected chi connectivity index (χ1v) is 9.86. The molecule has 8 heteroatoms. The van der Waals surface area contributed by atoms with Crippen molar-refractivity contribution in [3.63, 3.8) is 0 Å². The molecule has 0 fully saturated rings. The van der Waals surface area contributed by atoms with Crippen LogP contribution in [0.15, 0.2) is 62.2 Å². The number of nitriles is 1. The molecule has 0 aliphatic rings. The van der Waals surface area contributed by atoms with Gasteiger partial charge in [-0.15, -0.1) is 0 Å². The minimum Gasteiger partial charge on any atom is -0.457 e. The molecule has 2 aromatic carbocycles. The van der Waals surface area contributed by atoms with E-state index >= 15 is 0 Å². The number of fused-ring (bicyclic) bond motifs is 1. The largest absolute Gasteiger partial charge is 0.457 e. The van der Waals surface area contributed by atoms with Crippen LogP contribution < -0.4 is 5.56 Å². The predicted octanol–water partition coefficient (Wildman–Crippen LogP) is 6.32. The Balaban J connectivity index is 1.74. The van der Waals surface area contributed by atoms with Gasteiger partial charge in [-0.3, -0.25) is 4.79 Å². The van der Waals surface area contributed by atoms with Gasteiger partial charge in [-0.2, -0.15) is 5.26 Å². The van der Waals surface area contributed by atoms with Gasteiger partial charge in [-0.05, 0) is 48.5 Å². The lowest BCUT2D eigenvalue weighted by Gasteiger charge is -2.02. The van der Waals surface area contributed by atoms with E-state index in [0.29, 0.717) is 32.5 Å².